The van der Waals surface area contributed by atoms with Crippen LogP contribution >= 0.6 is 0 Å². The maximum absolute atomic E-state index is 11.2. The van der Waals surface area contributed by atoms with Crippen molar-refractivity contribution in [3.63, 3.8) is 0 Å². The molecule has 106 valence electrons. The molecule has 5 N–H and O–H groups in total. The van der Waals surface area contributed by atoms with Crippen molar-refractivity contribution in [2.24, 2.45) is 11.6 Å². The lowest BCUT2D eigenvalue weighted by Gasteiger charge is -2.24. The molecule has 0 aromatic carbocycles. The zero-order valence-electron chi connectivity index (χ0n) is 11.7. The molecule has 0 saturated carbocycles. The van der Waals surface area contributed by atoms with Crippen LogP contribution in [0.15, 0.2) is 0 Å². The smallest absolute Gasteiger partial charge is 0.236 e. The molecule has 0 spiro atoms. The second kappa shape index (κ2) is 6.89. The van der Waals surface area contributed by atoms with Gasteiger partial charge < -0.3 is 16.1 Å². The van der Waals surface area contributed by atoms with Crippen LogP contribution in [0.3, 0.4) is 0 Å². The van der Waals surface area contributed by atoms with Crippen LogP contribution in [0.2, 0.25) is 0 Å². The molecule has 1 rings (SSSR count). The molecule has 1 heterocycles. The Balaban J connectivity index is 3.12. The summed E-state index contributed by atoms with van der Waals surface area (Å²) >= 11 is 0. The van der Waals surface area contributed by atoms with Gasteiger partial charge in [0.05, 0.1) is 6.54 Å². The SMILES string of the molecule is CCCCN(CC(N)=O)c1nc(C)nc(NN)c1C. The Bertz CT molecular complexity index is 448. The van der Waals surface area contributed by atoms with Gasteiger partial charge in [-0.15, -0.1) is 0 Å². The quantitative estimate of drug-likeness (QED) is 0.489. The molecule has 0 fully saturated rings. The van der Waals surface area contributed by atoms with Crippen LogP contribution in [0.5, 0.6) is 0 Å². The number of carbonyl (C=O) groups excluding carboxylic acids is 1. The monoisotopic (exact) mass is 266 g/mol. The molecule has 0 aliphatic rings. The van der Waals surface area contributed by atoms with E-state index in [-0.39, 0.29) is 12.5 Å². The number of amides is 1. The van der Waals surface area contributed by atoms with Crippen molar-refractivity contribution in [2.45, 2.75) is 33.6 Å². The molecular formula is C12H22N6O. The van der Waals surface area contributed by atoms with E-state index < -0.39 is 0 Å². The Morgan fingerprint density at radius 3 is 2.58 bits per heavy atom. The molecule has 0 atom stereocenters. The highest BCUT2D eigenvalue weighted by molar-refractivity contribution is 5.79. The Morgan fingerprint density at radius 1 is 1.37 bits per heavy atom. The van der Waals surface area contributed by atoms with E-state index in [9.17, 15) is 4.79 Å². The molecule has 7 nitrogen and oxygen atoms in total. The number of primary amides is 1. The maximum atomic E-state index is 11.2. The number of hydrogen-bond acceptors (Lipinski definition) is 6. The van der Waals surface area contributed by atoms with E-state index >= 15 is 0 Å². The fourth-order valence-electron chi connectivity index (χ4n) is 1.86. The highest BCUT2D eigenvalue weighted by Gasteiger charge is 2.16. The van der Waals surface area contributed by atoms with Gasteiger partial charge in [-0.2, -0.15) is 0 Å². The zero-order valence-corrected chi connectivity index (χ0v) is 11.7. The Morgan fingerprint density at radius 2 is 2.05 bits per heavy atom. The summed E-state index contributed by atoms with van der Waals surface area (Å²) in [5.74, 6) is 6.92. The summed E-state index contributed by atoms with van der Waals surface area (Å²) in [6, 6.07) is 0. The van der Waals surface area contributed by atoms with Crippen molar-refractivity contribution in [3.05, 3.63) is 11.4 Å². The number of nitrogen functional groups attached to an aromatic ring is 1. The molecule has 7 heteroatoms. The van der Waals surface area contributed by atoms with Gasteiger partial charge in [-0.05, 0) is 20.3 Å². The number of unbranched alkanes of at least 4 members (excludes halogenated alkanes) is 1. The van der Waals surface area contributed by atoms with Crippen LogP contribution in [0.4, 0.5) is 11.6 Å². The van der Waals surface area contributed by atoms with Crippen molar-refractivity contribution in [3.8, 4) is 0 Å². The van der Waals surface area contributed by atoms with E-state index in [1.807, 2.05) is 11.8 Å². The average Bonchev–Trinajstić information content (AvgIpc) is 2.36. The number of aryl methyl sites for hydroxylation is 1. The minimum Gasteiger partial charge on any atom is -0.368 e. The summed E-state index contributed by atoms with van der Waals surface area (Å²) in [5, 5.41) is 0. The molecule has 0 aliphatic carbocycles. The van der Waals surface area contributed by atoms with Gasteiger partial charge in [-0.25, -0.2) is 15.8 Å². The second-order valence-corrected chi connectivity index (χ2v) is 4.45. The fraction of sp³-hybridized carbons (Fsp3) is 0.583. The van der Waals surface area contributed by atoms with Gasteiger partial charge in [0.2, 0.25) is 5.91 Å². The molecule has 1 aromatic heterocycles. The number of nitrogens with two attached hydrogens (primary N) is 2. The summed E-state index contributed by atoms with van der Waals surface area (Å²) < 4.78 is 0. The zero-order chi connectivity index (χ0) is 14.4. The minimum atomic E-state index is -0.381. The van der Waals surface area contributed by atoms with Gasteiger partial charge >= 0.3 is 0 Å². The standard InChI is InChI=1S/C12H22N6O/c1-4-5-6-18(7-10(13)19)12-8(2)11(17-14)15-9(3)16-12/h4-7,14H2,1-3H3,(H2,13,19)(H,15,16,17). The Kier molecular flexibility index (Phi) is 5.50. The van der Waals surface area contributed by atoms with E-state index in [4.69, 9.17) is 11.6 Å². The third kappa shape index (κ3) is 4.06. The second-order valence-electron chi connectivity index (χ2n) is 4.45. The van der Waals surface area contributed by atoms with Crippen molar-refractivity contribution in [1.82, 2.24) is 9.97 Å². The first-order chi connectivity index (χ1) is 8.99. The minimum absolute atomic E-state index is 0.140. The van der Waals surface area contributed by atoms with Gasteiger partial charge in [0.15, 0.2) is 0 Å². The number of hydrazine groups is 1. The first-order valence-electron chi connectivity index (χ1n) is 6.34. The van der Waals surface area contributed by atoms with E-state index in [2.05, 4.69) is 22.3 Å². The lowest BCUT2D eigenvalue weighted by Crippen LogP contribution is -2.36. The van der Waals surface area contributed by atoms with Crippen LogP contribution in [-0.4, -0.2) is 29.0 Å². The molecule has 1 aromatic rings. The molecule has 0 aliphatic heterocycles. The first-order valence-corrected chi connectivity index (χ1v) is 6.34. The summed E-state index contributed by atoms with van der Waals surface area (Å²) in [6.45, 7) is 6.60. The average molecular weight is 266 g/mol. The van der Waals surface area contributed by atoms with Crippen LogP contribution < -0.4 is 21.9 Å². The van der Waals surface area contributed by atoms with Crippen LogP contribution in [0.1, 0.15) is 31.2 Å². The third-order valence-electron chi connectivity index (χ3n) is 2.80. The molecule has 0 saturated heterocycles. The van der Waals surface area contributed by atoms with E-state index in [1.165, 1.54) is 0 Å². The summed E-state index contributed by atoms with van der Waals surface area (Å²) in [7, 11) is 0. The number of aromatic nitrogens is 2. The van der Waals surface area contributed by atoms with Gasteiger partial charge in [-0.3, -0.25) is 4.79 Å². The fourth-order valence-corrected chi connectivity index (χ4v) is 1.86. The molecule has 19 heavy (non-hydrogen) atoms. The lowest BCUT2D eigenvalue weighted by molar-refractivity contribution is -0.116. The van der Waals surface area contributed by atoms with Gasteiger partial charge in [0, 0.05) is 12.1 Å². The normalized spacial score (nSPS) is 10.3. The van der Waals surface area contributed by atoms with Crippen LogP contribution in [0.25, 0.3) is 0 Å². The summed E-state index contributed by atoms with van der Waals surface area (Å²) in [5.41, 5.74) is 8.65. The molecule has 0 radical (unpaired) electrons. The highest BCUT2D eigenvalue weighted by Crippen LogP contribution is 2.23. The number of hydrogen-bond donors (Lipinski definition) is 3. The third-order valence-corrected chi connectivity index (χ3v) is 2.80. The van der Waals surface area contributed by atoms with E-state index in [1.54, 1.807) is 6.92 Å². The lowest BCUT2D eigenvalue weighted by atomic mass is 10.2. The van der Waals surface area contributed by atoms with Crippen molar-refractivity contribution in [2.75, 3.05) is 23.4 Å². The predicted octanol–water partition coefficient (Wildman–Crippen LogP) is 0.471. The van der Waals surface area contributed by atoms with Crippen molar-refractivity contribution < 1.29 is 4.79 Å². The molecule has 1 amide bonds. The maximum Gasteiger partial charge on any atom is 0.236 e. The van der Waals surface area contributed by atoms with Crippen LogP contribution in [-0.2, 0) is 4.79 Å². The number of nitrogens with one attached hydrogen (secondary N) is 1. The summed E-state index contributed by atoms with van der Waals surface area (Å²) in [6.07, 6.45) is 1.99. The first kappa shape index (κ1) is 15.2. The number of rotatable bonds is 7. The molecular weight excluding hydrogens is 244 g/mol. The number of nitrogens with zero attached hydrogens (tertiary/aromatic N) is 3. The molecule has 0 unspecified atom stereocenters. The van der Waals surface area contributed by atoms with Crippen LogP contribution in [0, 0.1) is 13.8 Å². The Hall–Kier alpha value is -1.89. The highest BCUT2D eigenvalue weighted by atomic mass is 16.1. The van der Waals surface area contributed by atoms with Crippen molar-refractivity contribution >= 4 is 17.5 Å². The van der Waals surface area contributed by atoms with Gasteiger partial charge in [0.1, 0.15) is 17.5 Å². The van der Waals surface area contributed by atoms with E-state index in [0.717, 1.165) is 24.9 Å². The largest absolute Gasteiger partial charge is 0.368 e. The molecule has 0 bridgehead atoms. The topological polar surface area (TPSA) is 110 Å². The number of anilines is 2. The van der Waals surface area contributed by atoms with E-state index in [0.29, 0.717) is 17.5 Å². The number of carbonyl (C=O) groups is 1. The van der Waals surface area contributed by atoms with Gasteiger partial charge in [-0.1, -0.05) is 13.3 Å². The summed E-state index contributed by atoms with van der Waals surface area (Å²) in [4.78, 5) is 21.7. The van der Waals surface area contributed by atoms with Gasteiger partial charge in [0.25, 0.3) is 0 Å². The van der Waals surface area contributed by atoms with Crippen molar-refractivity contribution in [1.29, 1.82) is 0 Å². The Labute approximate surface area is 113 Å². The predicted molar refractivity (Wildman–Crippen MR) is 75.6 cm³/mol.